The molecule has 1 heterocycles. The van der Waals surface area contributed by atoms with E-state index in [-0.39, 0.29) is 11.9 Å². The van der Waals surface area contributed by atoms with Gasteiger partial charge in [0.1, 0.15) is 0 Å². The zero-order chi connectivity index (χ0) is 18.0. The minimum Gasteiger partial charge on any atom is -0.322 e. The van der Waals surface area contributed by atoms with Gasteiger partial charge in [0, 0.05) is 13.6 Å². The van der Waals surface area contributed by atoms with E-state index < -0.39 is 0 Å². The number of aryl methyl sites for hydroxylation is 4. The molecule has 1 unspecified atom stereocenters. The Labute approximate surface area is 144 Å². The zero-order valence-corrected chi connectivity index (χ0v) is 15.8. The average Bonchev–Trinajstić information content (AvgIpc) is 2.75. The molecule has 130 valence electrons. The fraction of sp³-hybridized carbons (Fsp3) is 0.474. The van der Waals surface area contributed by atoms with E-state index in [4.69, 9.17) is 0 Å². The smallest absolute Gasteiger partial charge is 0.241 e. The molecular formula is C19H28N4O. The van der Waals surface area contributed by atoms with Crippen LogP contribution in [-0.4, -0.2) is 33.7 Å². The van der Waals surface area contributed by atoms with Crippen LogP contribution < -0.4 is 5.32 Å². The van der Waals surface area contributed by atoms with Crippen LogP contribution in [-0.2, 0) is 18.4 Å². The van der Waals surface area contributed by atoms with Gasteiger partial charge in [0.15, 0.2) is 0 Å². The summed E-state index contributed by atoms with van der Waals surface area (Å²) in [6.07, 6.45) is 0. The summed E-state index contributed by atoms with van der Waals surface area (Å²) in [5.74, 6) is -0.0125. The molecule has 1 aromatic carbocycles. The molecule has 1 N–H and O–H groups in total. The lowest BCUT2D eigenvalue weighted by atomic mass is 10.0. The van der Waals surface area contributed by atoms with Gasteiger partial charge in [-0.1, -0.05) is 23.8 Å². The highest BCUT2D eigenvalue weighted by molar-refractivity contribution is 5.95. The standard InChI is InChI=1S/C19H28N4O/c1-12-8-9-17(13(2)10-12)11-22(6)16(5)19(24)20-18-14(3)21-23(7)15(18)4/h8-10,16H,11H2,1-7H3,(H,20,24). The van der Waals surface area contributed by atoms with Crippen molar-refractivity contribution in [3.63, 3.8) is 0 Å². The van der Waals surface area contributed by atoms with Crippen LogP contribution in [0.5, 0.6) is 0 Å². The van der Waals surface area contributed by atoms with Gasteiger partial charge in [-0.05, 0) is 52.8 Å². The number of nitrogens with zero attached hydrogens (tertiary/aromatic N) is 3. The number of likely N-dealkylation sites (N-methyl/N-ethyl adjacent to an activating group) is 1. The molecule has 5 nitrogen and oxygen atoms in total. The first-order valence-electron chi connectivity index (χ1n) is 8.28. The minimum atomic E-state index is -0.232. The molecule has 0 bridgehead atoms. The van der Waals surface area contributed by atoms with E-state index in [1.807, 2.05) is 34.9 Å². The highest BCUT2D eigenvalue weighted by Crippen LogP contribution is 2.19. The van der Waals surface area contributed by atoms with E-state index in [2.05, 4.69) is 47.4 Å². The topological polar surface area (TPSA) is 50.2 Å². The monoisotopic (exact) mass is 328 g/mol. The minimum absolute atomic E-state index is 0.0125. The number of nitrogens with one attached hydrogen (secondary N) is 1. The number of anilines is 1. The maximum Gasteiger partial charge on any atom is 0.241 e. The van der Waals surface area contributed by atoms with Gasteiger partial charge in [-0.3, -0.25) is 14.4 Å². The lowest BCUT2D eigenvalue weighted by molar-refractivity contribution is -0.120. The third-order valence-electron chi connectivity index (χ3n) is 4.72. The van der Waals surface area contributed by atoms with Gasteiger partial charge in [0.05, 0.1) is 23.1 Å². The maximum atomic E-state index is 12.6. The quantitative estimate of drug-likeness (QED) is 0.917. The number of benzene rings is 1. The summed E-state index contributed by atoms with van der Waals surface area (Å²) in [6.45, 7) is 10.7. The molecule has 0 saturated carbocycles. The largest absolute Gasteiger partial charge is 0.322 e. The summed E-state index contributed by atoms with van der Waals surface area (Å²) in [5, 5.41) is 7.37. The molecular weight excluding hydrogens is 300 g/mol. The number of carbonyl (C=O) groups excluding carboxylic acids is 1. The van der Waals surface area contributed by atoms with E-state index in [1.165, 1.54) is 16.7 Å². The van der Waals surface area contributed by atoms with Crippen molar-refractivity contribution in [1.29, 1.82) is 0 Å². The Hall–Kier alpha value is -2.14. The summed E-state index contributed by atoms with van der Waals surface area (Å²) in [5.41, 5.74) is 6.38. The first-order chi connectivity index (χ1) is 11.2. The van der Waals surface area contributed by atoms with E-state index in [0.29, 0.717) is 0 Å². The molecule has 0 radical (unpaired) electrons. The molecule has 1 amide bonds. The summed E-state index contributed by atoms with van der Waals surface area (Å²) in [7, 11) is 3.86. The zero-order valence-electron chi connectivity index (χ0n) is 15.8. The van der Waals surface area contributed by atoms with Crippen LogP contribution in [0.4, 0.5) is 5.69 Å². The molecule has 2 aromatic rings. The van der Waals surface area contributed by atoms with Crippen LogP contribution in [0.3, 0.4) is 0 Å². The van der Waals surface area contributed by atoms with Crippen molar-refractivity contribution in [3.8, 4) is 0 Å². The summed E-state index contributed by atoms with van der Waals surface area (Å²) >= 11 is 0. The molecule has 5 heteroatoms. The average molecular weight is 328 g/mol. The molecule has 0 aliphatic carbocycles. The predicted molar refractivity (Wildman–Crippen MR) is 98.2 cm³/mol. The molecule has 1 atom stereocenters. The number of hydrogen-bond donors (Lipinski definition) is 1. The van der Waals surface area contributed by atoms with Crippen molar-refractivity contribution >= 4 is 11.6 Å². The van der Waals surface area contributed by atoms with Gasteiger partial charge in [-0.2, -0.15) is 5.10 Å². The lowest BCUT2D eigenvalue weighted by Crippen LogP contribution is -2.39. The summed E-state index contributed by atoms with van der Waals surface area (Å²) in [6, 6.07) is 6.20. The summed E-state index contributed by atoms with van der Waals surface area (Å²) in [4.78, 5) is 14.7. The third-order valence-corrected chi connectivity index (χ3v) is 4.72. The number of aromatic nitrogens is 2. The summed E-state index contributed by atoms with van der Waals surface area (Å²) < 4.78 is 1.79. The fourth-order valence-electron chi connectivity index (χ4n) is 2.81. The SMILES string of the molecule is Cc1ccc(CN(C)C(C)C(=O)Nc2c(C)nn(C)c2C)c(C)c1. The second-order valence-corrected chi connectivity index (χ2v) is 6.68. The lowest BCUT2D eigenvalue weighted by Gasteiger charge is -2.25. The van der Waals surface area contributed by atoms with Crippen molar-refractivity contribution in [2.75, 3.05) is 12.4 Å². The van der Waals surface area contributed by atoms with Crippen LogP contribution >= 0.6 is 0 Å². The predicted octanol–water partition coefficient (Wildman–Crippen LogP) is 3.11. The molecule has 0 aliphatic rings. The van der Waals surface area contributed by atoms with E-state index in [9.17, 15) is 4.79 Å². The van der Waals surface area contributed by atoms with Gasteiger partial charge < -0.3 is 5.32 Å². The Morgan fingerprint density at radius 2 is 1.96 bits per heavy atom. The first kappa shape index (κ1) is 18.2. The second-order valence-electron chi connectivity index (χ2n) is 6.68. The molecule has 0 spiro atoms. The Bertz CT molecular complexity index is 748. The van der Waals surface area contributed by atoms with E-state index in [0.717, 1.165) is 23.6 Å². The Morgan fingerprint density at radius 3 is 2.50 bits per heavy atom. The van der Waals surface area contributed by atoms with Gasteiger partial charge in [0.2, 0.25) is 5.91 Å². The molecule has 24 heavy (non-hydrogen) atoms. The fourth-order valence-corrected chi connectivity index (χ4v) is 2.81. The third kappa shape index (κ3) is 3.85. The first-order valence-corrected chi connectivity index (χ1v) is 8.28. The highest BCUT2D eigenvalue weighted by Gasteiger charge is 2.21. The van der Waals surface area contributed by atoms with Crippen molar-refractivity contribution in [2.24, 2.45) is 7.05 Å². The second kappa shape index (κ2) is 7.18. The number of amides is 1. The molecule has 1 aromatic heterocycles. The Morgan fingerprint density at radius 1 is 1.29 bits per heavy atom. The van der Waals surface area contributed by atoms with Crippen molar-refractivity contribution in [3.05, 3.63) is 46.3 Å². The molecule has 0 fully saturated rings. The van der Waals surface area contributed by atoms with Crippen LogP contribution in [0.15, 0.2) is 18.2 Å². The van der Waals surface area contributed by atoms with Gasteiger partial charge >= 0.3 is 0 Å². The van der Waals surface area contributed by atoms with E-state index in [1.54, 1.807) is 4.68 Å². The van der Waals surface area contributed by atoms with Crippen molar-refractivity contribution < 1.29 is 4.79 Å². The van der Waals surface area contributed by atoms with Crippen LogP contribution in [0, 0.1) is 27.7 Å². The van der Waals surface area contributed by atoms with Crippen molar-refractivity contribution in [1.82, 2.24) is 14.7 Å². The van der Waals surface area contributed by atoms with Crippen LogP contribution in [0.2, 0.25) is 0 Å². The maximum absolute atomic E-state index is 12.6. The van der Waals surface area contributed by atoms with Crippen molar-refractivity contribution in [2.45, 2.75) is 47.2 Å². The Kier molecular flexibility index (Phi) is 5.44. The highest BCUT2D eigenvalue weighted by atomic mass is 16.2. The molecule has 0 saturated heterocycles. The molecule has 0 aliphatic heterocycles. The van der Waals surface area contributed by atoms with Crippen LogP contribution in [0.1, 0.15) is 35.0 Å². The number of carbonyl (C=O) groups is 1. The van der Waals surface area contributed by atoms with Gasteiger partial charge in [-0.15, -0.1) is 0 Å². The molecule has 2 rings (SSSR count). The van der Waals surface area contributed by atoms with Gasteiger partial charge in [0.25, 0.3) is 0 Å². The Balaban J connectivity index is 2.06. The normalized spacial score (nSPS) is 12.5. The van der Waals surface area contributed by atoms with E-state index >= 15 is 0 Å². The van der Waals surface area contributed by atoms with Crippen LogP contribution in [0.25, 0.3) is 0 Å². The van der Waals surface area contributed by atoms with Gasteiger partial charge in [-0.25, -0.2) is 0 Å². The number of hydrogen-bond acceptors (Lipinski definition) is 3. The number of rotatable bonds is 5.